The molecule has 2 aromatic rings. The van der Waals surface area contributed by atoms with E-state index in [1.165, 1.54) is 16.9 Å². The first-order valence-corrected chi connectivity index (χ1v) is 5.15. The molecule has 0 bridgehead atoms. The summed E-state index contributed by atoms with van der Waals surface area (Å²) < 4.78 is 40.1. The Morgan fingerprint density at radius 2 is 2.11 bits per heavy atom. The molecule has 0 aliphatic heterocycles. The first-order chi connectivity index (χ1) is 8.43. The SMILES string of the molecule is CCn1nccc1-c1cnc(N)nc1C(F)(F)F. The minimum Gasteiger partial charge on any atom is -0.368 e. The van der Waals surface area contributed by atoms with Crippen molar-refractivity contribution in [1.29, 1.82) is 0 Å². The zero-order valence-electron chi connectivity index (χ0n) is 9.44. The molecule has 0 saturated carbocycles. The van der Waals surface area contributed by atoms with Crippen LogP contribution in [0.2, 0.25) is 0 Å². The molecule has 0 atom stereocenters. The van der Waals surface area contributed by atoms with E-state index in [0.29, 0.717) is 12.2 Å². The molecule has 2 N–H and O–H groups in total. The van der Waals surface area contributed by atoms with Gasteiger partial charge in [-0.15, -0.1) is 0 Å². The number of anilines is 1. The van der Waals surface area contributed by atoms with Gasteiger partial charge >= 0.3 is 6.18 Å². The predicted octanol–water partition coefficient (Wildman–Crippen LogP) is 1.96. The van der Waals surface area contributed by atoms with Crippen LogP contribution in [-0.2, 0) is 12.7 Å². The minimum atomic E-state index is -4.59. The smallest absolute Gasteiger partial charge is 0.368 e. The standard InChI is InChI=1S/C10H10F3N5/c1-2-18-7(3-4-16-18)6-5-15-9(14)17-8(6)10(11,12)13/h3-5H,2H2,1H3,(H2,14,15,17). The fourth-order valence-corrected chi connectivity index (χ4v) is 1.61. The van der Waals surface area contributed by atoms with E-state index in [-0.39, 0.29) is 5.56 Å². The van der Waals surface area contributed by atoms with Crippen molar-refractivity contribution in [2.24, 2.45) is 0 Å². The van der Waals surface area contributed by atoms with E-state index in [1.54, 1.807) is 6.92 Å². The van der Waals surface area contributed by atoms with Crippen molar-refractivity contribution >= 4 is 5.95 Å². The number of nitrogens with two attached hydrogens (primary N) is 1. The summed E-state index contributed by atoms with van der Waals surface area (Å²) in [7, 11) is 0. The van der Waals surface area contributed by atoms with Crippen molar-refractivity contribution in [3.05, 3.63) is 24.2 Å². The van der Waals surface area contributed by atoms with E-state index < -0.39 is 17.8 Å². The molecule has 0 amide bonds. The van der Waals surface area contributed by atoms with Crippen molar-refractivity contribution in [3.63, 3.8) is 0 Å². The van der Waals surface area contributed by atoms with Crippen LogP contribution in [0.4, 0.5) is 19.1 Å². The molecular formula is C10H10F3N5. The molecule has 96 valence electrons. The maximum atomic E-state index is 12.9. The number of aromatic nitrogens is 4. The molecule has 2 heterocycles. The number of nitrogen functional groups attached to an aromatic ring is 1. The third-order valence-corrected chi connectivity index (χ3v) is 2.37. The molecule has 2 rings (SSSR count). The lowest BCUT2D eigenvalue weighted by molar-refractivity contribution is -0.140. The summed E-state index contributed by atoms with van der Waals surface area (Å²) in [4.78, 5) is 6.89. The minimum absolute atomic E-state index is 0.129. The van der Waals surface area contributed by atoms with Gasteiger partial charge in [0.2, 0.25) is 5.95 Å². The van der Waals surface area contributed by atoms with E-state index in [4.69, 9.17) is 5.73 Å². The fraction of sp³-hybridized carbons (Fsp3) is 0.300. The molecule has 0 unspecified atom stereocenters. The van der Waals surface area contributed by atoms with Gasteiger partial charge in [0.25, 0.3) is 0 Å². The van der Waals surface area contributed by atoms with Crippen molar-refractivity contribution < 1.29 is 13.2 Å². The number of halogens is 3. The van der Waals surface area contributed by atoms with Gasteiger partial charge in [-0.05, 0) is 13.0 Å². The average molecular weight is 257 g/mol. The van der Waals surface area contributed by atoms with E-state index in [1.807, 2.05) is 0 Å². The summed E-state index contributed by atoms with van der Waals surface area (Å²) in [6, 6.07) is 1.48. The van der Waals surface area contributed by atoms with Crippen molar-refractivity contribution in [2.75, 3.05) is 5.73 Å². The van der Waals surface area contributed by atoms with Crippen LogP contribution in [0.25, 0.3) is 11.3 Å². The molecule has 0 aromatic carbocycles. The average Bonchev–Trinajstić information content (AvgIpc) is 2.75. The lowest BCUT2D eigenvalue weighted by atomic mass is 10.1. The number of alkyl halides is 3. The van der Waals surface area contributed by atoms with E-state index in [0.717, 1.165) is 6.20 Å². The summed E-state index contributed by atoms with van der Waals surface area (Å²) in [5.41, 5.74) is 4.33. The highest BCUT2D eigenvalue weighted by Gasteiger charge is 2.37. The van der Waals surface area contributed by atoms with E-state index >= 15 is 0 Å². The summed E-state index contributed by atoms with van der Waals surface area (Å²) in [5.74, 6) is -0.409. The predicted molar refractivity (Wildman–Crippen MR) is 58.3 cm³/mol. The second kappa shape index (κ2) is 4.28. The Kier molecular flexibility index (Phi) is 2.93. The van der Waals surface area contributed by atoms with Gasteiger partial charge < -0.3 is 5.73 Å². The molecule has 18 heavy (non-hydrogen) atoms. The Morgan fingerprint density at radius 3 is 2.72 bits per heavy atom. The summed E-state index contributed by atoms with van der Waals surface area (Å²) in [5, 5.41) is 3.92. The van der Waals surface area contributed by atoms with Crippen LogP contribution in [0.3, 0.4) is 0 Å². The van der Waals surface area contributed by atoms with Crippen LogP contribution in [0.15, 0.2) is 18.5 Å². The highest BCUT2D eigenvalue weighted by molar-refractivity contribution is 5.62. The molecule has 0 radical (unpaired) electrons. The highest BCUT2D eigenvalue weighted by Crippen LogP contribution is 2.35. The van der Waals surface area contributed by atoms with Crippen molar-refractivity contribution in [2.45, 2.75) is 19.6 Å². The number of hydrogen-bond donors (Lipinski definition) is 1. The fourth-order valence-electron chi connectivity index (χ4n) is 1.61. The summed E-state index contributed by atoms with van der Waals surface area (Å²) >= 11 is 0. The molecular weight excluding hydrogens is 247 g/mol. The first-order valence-electron chi connectivity index (χ1n) is 5.15. The number of hydrogen-bond acceptors (Lipinski definition) is 4. The number of rotatable bonds is 2. The molecule has 5 nitrogen and oxygen atoms in total. The monoisotopic (exact) mass is 257 g/mol. The topological polar surface area (TPSA) is 69.6 Å². The van der Waals surface area contributed by atoms with E-state index in [2.05, 4.69) is 15.1 Å². The molecule has 0 aliphatic carbocycles. The molecule has 0 saturated heterocycles. The maximum Gasteiger partial charge on any atom is 0.434 e. The van der Waals surface area contributed by atoms with Gasteiger partial charge in [0.15, 0.2) is 5.69 Å². The van der Waals surface area contributed by atoms with Crippen LogP contribution in [-0.4, -0.2) is 19.7 Å². The molecule has 8 heteroatoms. The van der Waals surface area contributed by atoms with Crippen LogP contribution < -0.4 is 5.73 Å². The van der Waals surface area contributed by atoms with Crippen LogP contribution in [0.5, 0.6) is 0 Å². The Labute approximate surface area is 100 Å². The van der Waals surface area contributed by atoms with Gasteiger partial charge in [0.1, 0.15) is 0 Å². The lowest BCUT2D eigenvalue weighted by Crippen LogP contribution is -2.14. The first kappa shape index (κ1) is 12.3. The van der Waals surface area contributed by atoms with Crippen LogP contribution >= 0.6 is 0 Å². The Hall–Kier alpha value is -2.12. The summed E-state index contributed by atoms with van der Waals surface area (Å²) in [6.45, 7) is 2.23. The maximum absolute atomic E-state index is 12.9. The van der Waals surface area contributed by atoms with Crippen molar-refractivity contribution in [1.82, 2.24) is 19.7 Å². The zero-order valence-corrected chi connectivity index (χ0v) is 9.44. The molecule has 2 aromatic heterocycles. The van der Waals surface area contributed by atoms with Gasteiger partial charge in [-0.3, -0.25) is 4.68 Å². The van der Waals surface area contributed by atoms with Gasteiger partial charge in [-0.25, -0.2) is 9.97 Å². The third kappa shape index (κ3) is 2.13. The second-order valence-electron chi connectivity index (χ2n) is 3.52. The van der Waals surface area contributed by atoms with E-state index in [9.17, 15) is 13.2 Å². The normalized spacial score (nSPS) is 11.8. The van der Waals surface area contributed by atoms with Crippen LogP contribution in [0.1, 0.15) is 12.6 Å². The van der Waals surface area contributed by atoms with Gasteiger partial charge in [-0.1, -0.05) is 0 Å². The zero-order chi connectivity index (χ0) is 13.3. The molecule has 0 aliphatic rings. The summed E-state index contributed by atoms with van der Waals surface area (Å²) in [6.07, 6.45) is -2.10. The van der Waals surface area contributed by atoms with Gasteiger partial charge in [0, 0.05) is 24.5 Å². The molecule has 0 fully saturated rings. The lowest BCUT2D eigenvalue weighted by Gasteiger charge is -2.12. The largest absolute Gasteiger partial charge is 0.434 e. The number of aryl methyl sites for hydroxylation is 1. The third-order valence-electron chi connectivity index (χ3n) is 2.37. The quantitative estimate of drug-likeness (QED) is 0.892. The van der Waals surface area contributed by atoms with Crippen molar-refractivity contribution in [3.8, 4) is 11.3 Å². The van der Waals surface area contributed by atoms with Crippen LogP contribution in [0, 0.1) is 0 Å². The highest BCUT2D eigenvalue weighted by atomic mass is 19.4. The Morgan fingerprint density at radius 1 is 1.39 bits per heavy atom. The molecule has 0 spiro atoms. The van der Waals surface area contributed by atoms with Gasteiger partial charge in [-0.2, -0.15) is 18.3 Å². The number of nitrogens with zero attached hydrogens (tertiary/aromatic N) is 4. The Bertz CT molecular complexity index is 561. The second-order valence-corrected chi connectivity index (χ2v) is 3.52. The Balaban J connectivity index is 2.65. The van der Waals surface area contributed by atoms with Gasteiger partial charge in [0.05, 0.1) is 5.69 Å².